The second-order valence-electron chi connectivity index (χ2n) is 8.72. The molecule has 1 atom stereocenters. The number of fused-ring (bicyclic) bond motifs is 1. The minimum absolute atomic E-state index is 0.332. The van der Waals surface area contributed by atoms with Crippen LogP contribution in [0, 0.1) is 0 Å². The molecule has 5 aromatic rings. The second kappa shape index (κ2) is 9.84. The van der Waals surface area contributed by atoms with E-state index in [4.69, 9.17) is 20.7 Å². The van der Waals surface area contributed by atoms with E-state index >= 15 is 0 Å². The lowest BCUT2D eigenvalue weighted by Crippen LogP contribution is -2.07. The molecule has 4 nitrogen and oxygen atoms in total. The van der Waals surface area contributed by atoms with Crippen LogP contribution in [0.4, 0.5) is 5.82 Å². The molecule has 5 rings (SSSR count). The van der Waals surface area contributed by atoms with E-state index in [1.54, 1.807) is 0 Å². The summed E-state index contributed by atoms with van der Waals surface area (Å²) in [6.45, 7) is 2.24. The van der Waals surface area contributed by atoms with Crippen LogP contribution in [0.3, 0.4) is 0 Å². The molecule has 168 valence electrons. The smallest absolute Gasteiger partial charge is 0.133 e. The third kappa shape index (κ3) is 4.53. The van der Waals surface area contributed by atoms with Crippen molar-refractivity contribution in [3.8, 4) is 11.3 Å². The largest absolute Gasteiger partial charge is 0.383 e. The number of aryl methyl sites for hydroxylation is 2. The zero-order valence-electron chi connectivity index (χ0n) is 19.4. The van der Waals surface area contributed by atoms with E-state index in [9.17, 15) is 0 Å². The maximum atomic E-state index is 6.44. The van der Waals surface area contributed by atoms with Gasteiger partial charge in [0.05, 0.1) is 16.9 Å². The zero-order chi connectivity index (χ0) is 23.3. The maximum Gasteiger partial charge on any atom is 0.133 e. The lowest BCUT2D eigenvalue weighted by Gasteiger charge is -2.18. The highest BCUT2D eigenvalue weighted by Gasteiger charge is 2.19. The van der Waals surface area contributed by atoms with Gasteiger partial charge in [0.2, 0.25) is 0 Å². The Balaban J connectivity index is 1.60. The third-order valence-corrected chi connectivity index (χ3v) is 6.41. The molecule has 1 unspecified atom stereocenters. The van der Waals surface area contributed by atoms with Gasteiger partial charge in [-0.25, -0.2) is 4.98 Å². The first kappa shape index (κ1) is 21.8. The molecule has 0 saturated heterocycles. The van der Waals surface area contributed by atoms with Gasteiger partial charge in [-0.3, -0.25) is 9.97 Å². The van der Waals surface area contributed by atoms with Crippen molar-refractivity contribution in [1.82, 2.24) is 15.0 Å². The number of hydrogen-bond acceptors (Lipinski definition) is 4. The van der Waals surface area contributed by atoms with Gasteiger partial charge < -0.3 is 5.73 Å². The normalized spacial score (nSPS) is 12.0. The lowest BCUT2D eigenvalue weighted by molar-refractivity contribution is 0.742. The van der Waals surface area contributed by atoms with Crippen LogP contribution in [0.25, 0.3) is 22.2 Å². The van der Waals surface area contributed by atoms with Crippen LogP contribution in [0.5, 0.6) is 0 Å². The van der Waals surface area contributed by atoms with Crippen molar-refractivity contribution >= 4 is 16.7 Å². The molecule has 0 bridgehead atoms. The van der Waals surface area contributed by atoms with Crippen LogP contribution < -0.4 is 5.73 Å². The molecule has 2 N–H and O–H groups in total. The summed E-state index contributed by atoms with van der Waals surface area (Å²) in [5.74, 6) is 0.839. The molecule has 0 radical (unpaired) electrons. The summed E-state index contributed by atoms with van der Waals surface area (Å²) in [6, 6.07) is 29.1. The van der Waals surface area contributed by atoms with Crippen molar-refractivity contribution in [3.05, 3.63) is 120 Å². The Morgan fingerprint density at radius 1 is 0.765 bits per heavy atom. The molecule has 0 fully saturated rings. The van der Waals surface area contributed by atoms with Crippen LogP contribution >= 0.6 is 0 Å². The van der Waals surface area contributed by atoms with E-state index in [2.05, 4.69) is 67.6 Å². The fourth-order valence-corrected chi connectivity index (χ4v) is 4.59. The first-order chi connectivity index (χ1) is 16.7. The van der Waals surface area contributed by atoms with Gasteiger partial charge >= 0.3 is 0 Å². The molecule has 2 aromatic carbocycles. The number of hydrogen-bond donors (Lipinski definition) is 1. The molecule has 0 aliphatic carbocycles. The SMILES string of the molecule is CC(Cc1ncccc1-c1nc(N)c2cccnc2c1CCc1ccccc1)c1ccccc1. The van der Waals surface area contributed by atoms with Gasteiger partial charge in [0.1, 0.15) is 5.82 Å². The Labute approximate surface area is 200 Å². The first-order valence-electron chi connectivity index (χ1n) is 11.8. The molecule has 34 heavy (non-hydrogen) atoms. The average molecular weight is 445 g/mol. The summed E-state index contributed by atoms with van der Waals surface area (Å²) in [7, 11) is 0. The minimum atomic E-state index is 0.332. The number of nitrogens with zero attached hydrogens (tertiary/aromatic N) is 3. The number of benzene rings is 2. The van der Waals surface area contributed by atoms with Gasteiger partial charge in [0.25, 0.3) is 0 Å². The zero-order valence-corrected chi connectivity index (χ0v) is 19.4. The summed E-state index contributed by atoms with van der Waals surface area (Å²) < 4.78 is 0. The number of nitrogens with two attached hydrogens (primary N) is 1. The highest BCUT2D eigenvalue weighted by Crippen LogP contribution is 2.34. The first-order valence-corrected chi connectivity index (χ1v) is 11.8. The molecular formula is C30H28N4. The molecule has 0 spiro atoms. The second-order valence-corrected chi connectivity index (χ2v) is 8.72. The van der Waals surface area contributed by atoms with Crippen molar-refractivity contribution in [1.29, 1.82) is 0 Å². The fourth-order valence-electron chi connectivity index (χ4n) is 4.59. The van der Waals surface area contributed by atoms with Gasteiger partial charge in [0.15, 0.2) is 0 Å². The van der Waals surface area contributed by atoms with Crippen molar-refractivity contribution in [2.45, 2.75) is 32.1 Å². The molecule has 4 heteroatoms. The number of rotatable bonds is 7. The molecule has 3 heterocycles. The van der Waals surface area contributed by atoms with Crippen LogP contribution in [0.15, 0.2) is 97.3 Å². The van der Waals surface area contributed by atoms with E-state index < -0.39 is 0 Å². The lowest BCUT2D eigenvalue weighted by atomic mass is 9.91. The summed E-state index contributed by atoms with van der Waals surface area (Å²) in [5.41, 5.74) is 14.0. The van der Waals surface area contributed by atoms with Gasteiger partial charge in [-0.05, 0) is 60.6 Å². The quantitative estimate of drug-likeness (QED) is 0.315. The molecule has 0 saturated carbocycles. The molecular weight excluding hydrogens is 416 g/mol. The number of anilines is 1. The Kier molecular flexibility index (Phi) is 6.30. The van der Waals surface area contributed by atoms with E-state index in [0.29, 0.717) is 11.7 Å². The van der Waals surface area contributed by atoms with E-state index in [1.165, 1.54) is 11.1 Å². The van der Waals surface area contributed by atoms with Crippen molar-refractivity contribution in [2.75, 3.05) is 5.73 Å². The molecule has 0 amide bonds. The Morgan fingerprint density at radius 3 is 2.26 bits per heavy atom. The number of nitrogen functional groups attached to an aromatic ring is 1. The Bertz CT molecular complexity index is 1400. The van der Waals surface area contributed by atoms with E-state index in [1.807, 2.05) is 36.7 Å². The van der Waals surface area contributed by atoms with Gasteiger partial charge in [-0.1, -0.05) is 67.6 Å². The third-order valence-electron chi connectivity index (χ3n) is 6.41. The van der Waals surface area contributed by atoms with Crippen LogP contribution in [0.1, 0.15) is 35.2 Å². The summed E-state index contributed by atoms with van der Waals surface area (Å²) in [6.07, 6.45) is 6.24. The standard InChI is InChI=1S/C30H28N4/c1-21(23-12-6-3-7-13-23)20-27-24(14-8-18-32-27)29-25(17-16-22-10-4-2-5-11-22)28-26(30(31)34-29)15-9-19-33-28/h2-15,18-19,21H,16-17,20H2,1H3,(H2,31,34). The Hall–Kier alpha value is -4.05. The number of pyridine rings is 3. The van der Waals surface area contributed by atoms with Crippen molar-refractivity contribution in [3.63, 3.8) is 0 Å². The topological polar surface area (TPSA) is 64.7 Å². The molecule has 0 aliphatic rings. The summed E-state index contributed by atoms with van der Waals surface area (Å²) >= 11 is 0. The van der Waals surface area contributed by atoms with Crippen LogP contribution in [-0.2, 0) is 19.3 Å². The minimum Gasteiger partial charge on any atom is -0.383 e. The molecule has 0 aliphatic heterocycles. The highest BCUT2D eigenvalue weighted by atomic mass is 14.9. The predicted molar refractivity (Wildman–Crippen MR) is 140 cm³/mol. The predicted octanol–water partition coefficient (Wildman–Crippen LogP) is 6.41. The molecule has 3 aromatic heterocycles. The summed E-state index contributed by atoms with van der Waals surface area (Å²) in [5, 5.41) is 0.900. The average Bonchev–Trinajstić information content (AvgIpc) is 2.89. The van der Waals surface area contributed by atoms with Gasteiger partial charge in [-0.2, -0.15) is 0 Å². The number of aromatic nitrogens is 3. The van der Waals surface area contributed by atoms with Crippen molar-refractivity contribution < 1.29 is 0 Å². The van der Waals surface area contributed by atoms with E-state index in [0.717, 1.165) is 52.7 Å². The maximum absolute atomic E-state index is 6.44. The monoisotopic (exact) mass is 444 g/mol. The fraction of sp³-hybridized carbons (Fsp3) is 0.167. The van der Waals surface area contributed by atoms with Gasteiger partial charge in [0, 0.05) is 28.9 Å². The highest BCUT2D eigenvalue weighted by molar-refractivity contribution is 5.94. The van der Waals surface area contributed by atoms with Gasteiger partial charge in [-0.15, -0.1) is 0 Å². The Morgan fingerprint density at radius 2 is 1.47 bits per heavy atom. The van der Waals surface area contributed by atoms with Crippen LogP contribution in [-0.4, -0.2) is 15.0 Å². The van der Waals surface area contributed by atoms with Crippen LogP contribution in [0.2, 0.25) is 0 Å². The summed E-state index contributed by atoms with van der Waals surface area (Å²) in [4.78, 5) is 14.4. The van der Waals surface area contributed by atoms with E-state index in [-0.39, 0.29) is 0 Å². The van der Waals surface area contributed by atoms with Crippen molar-refractivity contribution in [2.24, 2.45) is 0 Å².